The van der Waals surface area contributed by atoms with Gasteiger partial charge in [-0.1, -0.05) is 0 Å². The molecular formula is C20H27N5O3. The van der Waals surface area contributed by atoms with E-state index in [1.165, 1.54) is 6.92 Å². The summed E-state index contributed by atoms with van der Waals surface area (Å²) in [5.74, 6) is 0.750. The first kappa shape index (κ1) is 19.9. The first-order valence-corrected chi connectivity index (χ1v) is 9.70. The van der Waals surface area contributed by atoms with Crippen LogP contribution in [0.4, 0.5) is 5.82 Å². The van der Waals surface area contributed by atoms with E-state index in [0.29, 0.717) is 24.6 Å². The first-order chi connectivity index (χ1) is 13.6. The molecule has 150 valence electrons. The highest BCUT2D eigenvalue weighted by atomic mass is 16.5. The number of carbonyl (C=O) groups excluding carboxylic acids is 2. The van der Waals surface area contributed by atoms with Crippen molar-refractivity contribution in [3.63, 3.8) is 0 Å². The maximum Gasteiger partial charge on any atom is 0.302 e. The molecule has 1 aliphatic heterocycles. The number of esters is 1. The molecule has 0 atom stereocenters. The minimum absolute atomic E-state index is 0.101. The quantitative estimate of drug-likeness (QED) is 0.551. The number of rotatable bonds is 8. The van der Waals surface area contributed by atoms with Crippen LogP contribution in [0.15, 0.2) is 37.1 Å². The zero-order chi connectivity index (χ0) is 19.8. The Morgan fingerprint density at radius 2 is 2.11 bits per heavy atom. The number of piperidine rings is 1. The molecule has 3 rings (SSSR count). The van der Waals surface area contributed by atoms with Gasteiger partial charge in [0.05, 0.1) is 18.5 Å². The zero-order valence-electron chi connectivity index (χ0n) is 16.2. The van der Waals surface area contributed by atoms with Crippen LogP contribution in [0.5, 0.6) is 0 Å². The molecule has 1 amide bonds. The second-order valence-electron chi connectivity index (χ2n) is 7.02. The van der Waals surface area contributed by atoms with Crippen LogP contribution in [0.1, 0.15) is 36.5 Å². The summed E-state index contributed by atoms with van der Waals surface area (Å²) in [6.45, 7) is 4.90. The summed E-state index contributed by atoms with van der Waals surface area (Å²) in [7, 11) is 0. The second-order valence-corrected chi connectivity index (χ2v) is 7.02. The molecule has 8 heteroatoms. The third kappa shape index (κ3) is 5.55. The minimum Gasteiger partial charge on any atom is -0.466 e. The Morgan fingerprint density at radius 3 is 2.82 bits per heavy atom. The van der Waals surface area contributed by atoms with Gasteiger partial charge in [0.15, 0.2) is 0 Å². The largest absolute Gasteiger partial charge is 0.466 e. The summed E-state index contributed by atoms with van der Waals surface area (Å²) in [5.41, 5.74) is 0.601. The van der Waals surface area contributed by atoms with Gasteiger partial charge in [0, 0.05) is 51.7 Å². The Kier molecular flexibility index (Phi) is 7.00. The molecule has 0 bridgehead atoms. The highest BCUT2D eigenvalue weighted by Gasteiger charge is 2.24. The van der Waals surface area contributed by atoms with E-state index in [1.807, 2.05) is 16.8 Å². The van der Waals surface area contributed by atoms with E-state index in [9.17, 15) is 9.59 Å². The molecule has 0 aliphatic carbocycles. The van der Waals surface area contributed by atoms with Crippen molar-refractivity contribution in [1.82, 2.24) is 19.9 Å². The average Bonchev–Trinajstić information content (AvgIpc) is 3.23. The summed E-state index contributed by atoms with van der Waals surface area (Å²) in [5, 5.41) is 2.99. The third-order valence-corrected chi connectivity index (χ3v) is 4.91. The monoisotopic (exact) mass is 385 g/mol. The van der Waals surface area contributed by atoms with Crippen LogP contribution < -0.4 is 10.2 Å². The van der Waals surface area contributed by atoms with Gasteiger partial charge in [0.1, 0.15) is 5.82 Å². The number of aryl methyl sites for hydroxylation is 1. The number of pyridine rings is 1. The summed E-state index contributed by atoms with van der Waals surface area (Å²) in [6, 6.07) is 3.61. The highest BCUT2D eigenvalue weighted by molar-refractivity contribution is 5.98. The number of ether oxygens (including phenoxy) is 1. The van der Waals surface area contributed by atoms with Crippen molar-refractivity contribution in [3.05, 3.63) is 42.6 Å². The van der Waals surface area contributed by atoms with Gasteiger partial charge in [-0.25, -0.2) is 9.97 Å². The zero-order valence-corrected chi connectivity index (χ0v) is 16.2. The van der Waals surface area contributed by atoms with Gasteiger partial charge in [-0.2, -0.15) is 0 Å². The lowest BCUT2D eigenvalue weighted by Crippen LogP contribution is -2.37. The topological polar surface area (TPSA) is 89.4 Å². The van der Waals surface area contributed by atoms with Crippen LogP contribution in [-0.2, 0) is 16.1 Å². The lowest BCUT2D eigenvalue weighted by Gasteiger charge is -2.33. The number of aromatic nitrogens is 3. The summed E-state index contributed by atoms with van der Waals surface area (Å²) in [4.78, 5) is 34.2. The van der Waals surface area contributed by atoms with Crippen LogP contribution in [0, 0.1) is 5.92 Å². The Hall–Kier alpha value is -2.90. The molecule has 0 aromatic carbocycles. The standard InChI is InChI=1S/C20H27N5O3/c1-16(26)28-14-17-5-11-25(12-6-17)19-18(4-2-7-22-19)20(27)23-8-3-10-24-13-9-21-15-24/h2,4,7,9,13,15,17H,3,5-6,8,10-12,14H2,1H3,(H,23,27). The van der Waals surface area contributed by atoms with Crippen LogP contribution in [-0.4, -0.2) is 52.7 Å². The van der Waals surface area contributed by atoms with E-state index in [1.54, 1.807) is 24.8 Å². The molecule has 1 N–H and O–H groups in total. The molecule has 2 aromatic rings. The SMILES string of the molecule is CC(=O)OCC1CCN(c2ncccc2C(=O)NCCCn2ccnc2)CC1. The van der Waals surface area contributed by atoms with Gasteiger partial charge in [-0.05, 0) is 37.3 Å². The molecule has 0 unspecified atom stereocenters. The van der Waals surface area contributed by atoms with Crippen LogP contribution in [0.3, 0.4) is 0 Å². The molecular weight excluding hydrogens is 358 g/mol. The van der Waals surface area contributed by atoms with Gasteiger partial charge in [0.2, 0.25) is 0 Å². The van der Waals surface area contributed by atoms with Crippen molar-refractivity contribution in [2.24, 2.45) is 5.92 Å². The molecule has 8 nitrogen and oxygen atoms in total. The lowest BCUT2D eigenvalue weighted by atomic mass is 9.97. The highest BCUT2D eigenvalue weighted by Crippen LogP contribution is 2.24. The molecule has 28 heavy (non-hydrogen) atoms. The first-order valence-electron chi connectivity index (χ1n) is 9.70. The maximum atomic E-state index is 12.7. The summed E-state index contributed by atoms with van der Waals surface area (Å²) >= 11 is 0. The second kappa shape index (κ2) is 9.87. The van der Waals surface area contributed by atoms with E-state index in [0.717, 1.165) is 44.7 Å². The van der Waals surface area contributed by atoms with E-state index in [4.69, 9.17) is 4.74 Å². The fraction of sp³-hybridized carbons (Fsp3) is 0.500. The number of nitrogens with zero attached hydrogens (tertiary/aromatic N) is 4. The Bertz CT molecular complexity index is 770. The molecule has 1 fully saturated rings. The van der Waals surface area contributed by atoms with Gasteiger partial charge >= 0.3 is 5.97 Å². The van der Waals surface area contributed by atoms with Crippen molar-refractivity contribution in [1.29, 1.82) is 0 Å². The van der Waals surface area contributed by atoms with Crippen LogP contribution in [0.25, 0.3) is 0 Å². The molecule has 0 radical (unpaired) electrons. The number of hydrogen-bond acceptors (Lipinski definition) is 6. The Morgan fingerprint density at radius 1 is 1.29 bits per heavy atom. The molecule has 1 saturated heterocycles. The lowest BCUT2D eigenvalue weighted by molar-refractivity contribution is -0.142. The fourth-order valence-electron chi connectivity index (χ4n) is 3.35. The minimum atomic E-state index is -0.237. The molecule has 0 saturated carbocycles. The summed E-state index contributed by atoms with van der Waals surface area (Å²) in [6.07, 6.45) is 9.80. The molecule has 0 spiro atoms. The van der Waals surface area contributed by atoms with Gasteiger partial charge in [-0.3, -0.25) is 9.59 Å². The maximum absolute atomic E-state index is 12.7. The van der Waals surface area contributed by atoms with Crippen LogP contribution >= 0.6 is 0 Å². The number of carbonyl (C=O) groups is 2. The number of imidazole rings is 1. The van der Waals surface area contributed by atoms with E-state index in [-0.39, 0.29) is 11.9 Å². The van der Waals surface area contributed by atoms with Crippen molar-refractivity contribution in [2.45, 2.75) is 32.7 Å². The smallest absolute Gasteiger partial charge is 0.302 e. The Labute approximate surface area is 164 Å². The molecule has 3 heterocycles. The van der Waals surface area contributed by atoms with E-state index < -0.39 is 0 Å². The van der Waals surface area contributed by atoms with Crippen molar-refractivity contribution in [2.75, 3.05) is 31.1 Å². The summed E-state index contributed by atoms with van der Waals surface area (Å²) < 4.78 is 7.11. The van der Waals surface area contributed by atoms with E-state index in [2.05, 4.69) is 20.2 Å². The number of hydrogen-bond donors (Lipinski definition) is 1. The molecule has 2 aromatic heterocycles. The third-order valence-electron chi connectivity index (χ3n) is 4.91. The fourth-order valence-corrected chi connectivity index (χ4v) is 3.35. The Balaban J connectivity index is 1.51. The number of anilines is 1. The number of amides is 1. The van der Waals surface area contributed by atoms with E-state index >= 15 is 0 Å². The van der Waals surface area contributed by atoms with Gasteiger partial charge in [0.25, 0.3) is 5.91 Å². The van der Waals surface area contributed by atoms with Crippen LogP contribution in [0.2, 0.25) is 0 Å². The predicted molar refractivity (Wildman–Crippen MR) is 105 cm³/mol. The van der Waals surface area contributed by atoms with Crippen molar-refractivity contribution < 1.29 is 14.3 Å². The van der Waals surface area contributed by atoms with Crippen molar-refractivity contribution >= 4 is 17.7 Å². The van der Waals surface area contributed by atoms with Gasteiger partial charge < -0.3 is 19.5 Å². The van der Waals surface area contributed by atoms with Gasteiger partial charge in [-0.15, -0.1) is 0 Å². The normalized spacial score (nSPS) is 14.7. The number of nitrogens with one attached hydrogen (secondary N) is 1. The average molecular weight is 385 g/mol. The van der Waals surface area contributed by atoms with Crippen molar-refractivity contribution in [3.8, 4) is 0 Å². The predicted octanol–water partition coefficient (Wildman–Crippen LogP) is 1.88. The molecule has 1 aliphatic rings.